The quantitative estimate of drug-likeness (QED) is 0.128. The number of carbonyl (C=O) groups excluding carboxylic acids is 4. The number of rotatable bonds is 11. The van der Waals surface area contributed by atoms with E-state index in [1.54, 1.807) is 11.1 Å². The standard InChI is InChI=1S/C46H57N7O8/c1-26(2)37(50-44(56)58-5)42(54)52-20-8-11-35(52)40-33-10-7-9-32(33)39(49-40)31-18-14-29(15-19-31)28-12-16-30(17-13-28)34-24-47-41(48-34)36-23-46(60-21-22-61-46)25-53(36)43(55)38(27(3)4)51-45(57)59-6/h12-19,24,26-27,35-38,49H,7-11,20-23,25H2,1-6H3,(H,47,48)(H,50,56)(H,51,57)/t35-,36-,37?,38+/m0/s1. The van der Waals surface area contributed by atoms with E-state index in [1.807, 2.05) is 32.6 Å². The molecule has 3 saturated heterocycles. The predicted octanol–water partition coefficient (Wildman–Crippen LogP) is 6.67. The molecule has 2 aromatic heterocycles. The zero-order valence-electron chi connectivity index (χ0n) is 35.8. The van der Waals surface area contributed by atoms with Crippen LogP contribution in [0.15, 0.2) is 54.7 Å². The van der Waals surface area contributed by atoms with Gasteiger partial charge in [0, 0.05) is 24.4 Å². The number of carbonyl (C=O) groups is 4. The highest BCUT2D eigenvalue weighted by Gasteiger charge is 2.53. The summed E-state index contributed by atoms with van der Waals surface area (Å²) in [6.07, 6.45) is 5.73. The molecule has 4 amide bonds. The van der Waals surface area contributed by atoms with Gasteiger partial charge in [0.1, 0.15) is 17.9 Å². The largest absolute Gasteiger partial charge is 0.453 e. The third kappa shape index (κ3) is 8.25. The van der Waals surface area contributed by atoms with Gasteiger partial charge in [0.05, 0.1) is 58.0 Å². The first-order chi connectivity index (χ1) is 29.4. The first-order valence-corrected chi connectivity index (χ1v) is 21.5. The zero-order valence-corrected chi connectivity index (χ0v) is 35.8. The Labute approximate surface area is 356 Å². The molecule has 4 atom stereocenters. The summed E-state index contributed by atoms with van der Waals surface area (Å²) in [5.74, 6) is -0.921. The topological polar surface area (TPSA) is 180 Å². The first-order valence-electron chi connectivity index (χ1n) is 21.5. The number of likely N-dealkylation sites (tertiary alicyclic amines) is 2. The zero-order chi connectivity index (χ0) is 43.0. The summed E-state index contributed by atoms with van der Waals surface area (Å²) < 4.78 is 21.7. The maximum Gasteiger partial charge on any atom is 0.407 e. The van der Waals surface area contributed by atoms with Crippen LogP contribution in [0.5, 0.6) is 0 Å². The number of benzene rings is 2. The summed E-state index contributed by atoms with van der Waals surface area (Å²) in [5.41, 5.74) is 9.90. The number of H-pyrrole nitrogens is 2. The Hall–Kier alpha value is -5.67. The number of aromatic nitrogens is 3. The van der Waals surface area contributed by atoms with Crippen LogP contribution in [0.2, 0.25) is 0 Å². The van der Waals surface area contributed by atoms with Gasteiger partial charge in [-0.1, -0.05) is 76.2 Å². The highest BCUT2D eigenvalue weighted by atomic mass is 16.7. The molecular formula is C46H57N7O8. The van der Waals surface area contributed by atoms with E-state index < -0.39 is 36.1 Å². The summed E-state index contributed by atoms with van der Waals surface area (Å²) in [6.45, 7) is 9.38. The number of nitrogens with one attached hydrogen (secondary N) is 4. The highest BCUT2D eigenvalue weighted by Crippen LogP contribution is 2.44. The second-order valence-corrected chi connectivity index (χ2v) is 17.3. The lowest BCUT2D eigenvalue weighted by molar-refractivity contribution is -0.153. The van der Waals surface area contributed by atoms with E-state index in [-0.39, 0.29) is 36.2 Å². The Morgan fingerprint density at radius 2 is 1.30 bits per heavy atom. The number of alkyl carbamates (subject to hydrolysis) is 2. The van der Waals surface area contributed by atoms with Gasteiger partial charge in [-0.15, -0.1) is 0 Å². The molecule has 8 rings (SSSR count). The van der Waals surface area contributed by atoms with Crippen molar-refractivity contribution in [3.05, 3.63) is 77.4 Å². The van der Waals surface area contributed by atoms with E-state index in [1.165, 1.54) is 25.3 Å². The third-order valence-electron chi connectivity index (χ3n) is 12.8. The van der Waals surface area contributed by atoms with E-state index in [2.05, 4.69) is 69.1 Å². The average molecular weight is 836 g/mol. The fourth-order valence-electron chi connectivity index (χ4n) is 9.57. The fraction of sp³-hybridized carbons (Fsp3) is 0.500. The molecule has 3 fully saturated rings. The van der Waals surface area contributed by atoms with Gasteiger partial charge in [-0.2, -0.15) is 0 Å². The van der Waals surface area contributed by atoms with Crippen LogP contribution in [0.4, 0.5) is 9.59 Å². The average Bonchev–Trinajstić information content (AvgIpc) is 4.13. The fourth-order valence-corrected chi connectivity index (χ4v) is 9.57. The van der Waals surface area contributed by atoms with Gasteiger partial charge in [0.15, 0.2) is 5.79 Å². The Morgan fingerprint density at radius 1 is 0.738 bits per heavy atom. The van der Waals surface area contributed by atoms with Crippen LogP contribution in [-0.4, -0.2) is 107 Å². The minimum atomic E-state index is -0.930. The molecule has 0 saturated carbocycles. The van der Waals surface area contributed by atoms with Crippen LogP contribution < -0.4 is 10.6 Å². The van der Waals surface area contributed by atoms with Gasteiger partial charge in [0.2, 0.25) is 11.8 Å². The van der Waals surface area contributed by atoms with Crippen molar-refractivity contribution in [3.8, 4) is 33.6 Å². The number of imidazole rings is 1. The second-order valence-electron chi connectivity index (χ2n) is 17.3. The number of fused-ring (bicyclic) bond motifs is 1. The van der Waals surface area contributed by atoms with Gasteiger partial charge >= 0.3 is 12.2 Å². The molecule has 4 aromatic rings. The number of hydrogen-bond donors (Lipinski definition) is 4. The third-order valence-corrected chi connectivity index (χ3v) is 12.8. The highest BCUT2D eigenvalue weighted by molar-refractivity contribution is 5.87. The lowest BCUT2D eigenvalue weighted by Gasteiger charge is -2.31. The maximum absolute atomic E-state index is 14.0. The van der Waals surface area contributed by atoms with Crippen LogP contribution >= 0.6 is 0 Å². The molecule has 4 aliphatic rings. The van der Waals surface area contributed by atoms with Crippen molar-refractivity contribution in [2.24, 2.45) is 11.8 Å². The molecule has 4 N–H and O–H groups in total. The lowest BCUT2D eigenvalue weighted by atomic mass is 9.99. The molecular weight excluding hydrogens is 779 g/mol. The molecule has 61 heavy (non-hydrogen) atoms. The Balaban J connectivity index is 0.984. The van der Waals surface area contributed by atoms with E-state index in [0.717, 1.165) is 71.4 Å². The minimum absolute atomic E-state index is 0.0725. The Morgan fingerprint density at radius 3 is 1.89 bits per heavy atom. The molecule has 1 aliphatic carbocycles. The molecule has 2 aromatic carbocycles. The Bertz CT molecular complexity index is 2240. The van der Waals surface area contributed by atoms with Crippen molar-refractivity contribution < 1.29 is 38.1 Å². The van der Waals surface area contributed by atoms with Crippen LogP contribution in [0, 0.1) is 11.8 Å². The summed E-state index contributed by atoms with van der Waals surface area (Å²) in [4.78, 5) is 67.8. The maximum atomic E-state index is 14.0. The lowest BCUT2D eigenvalue weighted by Crippen LogP contribution is -2.52. The number of aromatic amines is 2. The van der Waals surface area contributed by atoms with Crippen molar-refractivity contribution in [1.82, 2.24) is 35.4 Å². The number of ether oxygens (including phenoxy) is 4. The number of nitrogens with zero attached hydrogens (tertiary/aromatic N) is 3. The second kappa shape index (κ2) is 17.4. The van der Waals surface area contributed by atoms with Crippen LogP contribution in [0.25, 0.3) is 33.6 Å². The van der Waals surface area contributed by atoms with Gasteiger partial charge in [-0.25, -0.2) is 14.6 Å². The molecule has 324 valence electrons. The SMILES string of the molecule is COC(=O)NC(C(=O)N1CCC[C@H]1c1[nH]c(-c2ccc(-c3ccc(-c4cnc([C@@H]5CC6(CN5C(=O)[C@H](NC(=O)OC)C(C)C)OCCO6)[nH]4)cc3)cc2)c2c1CCC2)C(C)C. The van der Waals surface area contributed by atoms with E-state index in [9.17, 15) is 19.2 Å². The monoisotopic (exact) mass is 835 g/mol. The van der Waals surface area contributed by atoms with Crippen LogP contribution in [0.1, 0.15) is 88.1 Å². The normalized spacial score (nSPS) is 20.3. The predicted molar refractivity (Wildman–Crippen MR) is 227 cm³/mol. The molecule has 1 unspecified atom stereocenters. The van der Waals surface area contributed by atoms with Gasteiger partial charge in [-0.05, 0) is 77.3 Å². The van der Waals surface area contributed by atoms with E-state index in [0.29, 0.717) is 32.0 Å². The molecule has 3 aliphatic heterocycles. The molecule has 15 nitrogen and oxygen atoms in total. The summed E-state index contributed by atoms with van der Waals surface area (Å²) in [5, 5.41) is 5.47. The van der Waals surface area contributed by atoms with Crippen LogP contribution in [-0.2, 0) is 41.4 Å². The molecule has 0 radical (unpaired) electrons. The minimum Gasteiger partial charge on any atom is -0.453 e. The molecule has 5 heterocycles. The van der Waals surface area contributed by atoms with Crippen LogP contribution in [0.3, 0.4) is 0 Å². The number of hydrogen-bond acceptors (Lipinski definition) is 9. The van der Waals surface area contributed by atoms with Crippen molar-refractivity contribution in [2.45, 2.75) is 96.2 Å². The van der Waals surface area contributed by atoms with E-state index >= 15 is 0 Å². The first kappa shape index (κ1) is 42.0. The summed E-state index contributed by atoms with van der Waals surface area (Å²) in [6, 6.07) is 14.9. The van der Waals surface area contributed by atoms with E-state index in [4.69, 9.17) is 23.9 Å². The van der Waals surface area contributed by atoms with Crippen molar-refractivity contribution in [2.75, 3.05) is 40.5 Å². The van der Waals surface area contributed by atoms with Crippen molar-refractivity contribution >= 4 is 24.0 Å². The number of amides is 4. The summed E-state index contributed by atoms with van der Waals surface area (Å²) in [7, 11) is 2.59. The molecule has 1 spiro atoms. The molecule has 0 bridgehead atoms. The van der Waals surface area contributed by atoms with Gasteiger partial charge < -0.3 is 49.3 Å². The van der Waals surface area contributed by atoms with Crippen molar-refractivity contribution in [1.29, 1.82) is 0 Å². The van der Waals surface area contributed by atoms with Gasteiger partial charge in [-0.3, -0.25) is 9.59 Å². The summed E-state index contributed by atoms with van der Waals surface area (Å²) >= 11 is 0. The molecule has 15 heteroatoms. The number of methoxy groups -OCH3 is 2. The smallest absolute Gasteiger partial charge is 0.407 e. The van der Waals surface area contributed by atoms with Gasteiger partial charge in [0.25, 0.3) is 0 Å². The van der Waals surface area contributed by atoms with Crippen molar-refractivity contribution in [3.63, 3.8) is 0 Å². The Kier molecular flexibility index (Phi) is 12.0.